The predicted octanol–water partition coefficient (Wildman–Crippen LogP) is 2.34. The average molecular weight is 367 g/mol. The van der Waals surface area contributed by atoms with E-state index < -0.39 is 0 Å². The van der Waals surface area contributed by atoms with Crippen molar-refractivity contribution in [3.8, 4) is 5.75 Å². The molecule has 3 rings (SSSR count). The number of anilines is 2. The summed E-state index contributed by atoms with van der Waals surface area (Å²) in [7, 11) is 2.06. The Kier molecular flexibility index (Phi) is 6.57. The number of rotatable bonds is 10. The first kappa shape index (κ1) is 19.1. The lowest BCUT2D eigenvalue weighted by atomic mass is 10.1. The van der Waals surface area contributed by atoms with Crippen molar-refractivity contribution in [2.75, 3.05) is 43.8 Å². The number of benzene rings is 2. The molecule has 1 aromatic heterocycles. The van der Waals surface area contributed by atoms with Gasteiger partial charge in [0.25, 0.3) is 0 Å². The fourth-order valence-corrected chi connectivity index (χ4v) is 3.16. The molecule has 0 aliphatic rings. The highest BCUT2D eigenvalue weighted by Gasteiger charge is 2.07. The number of nitrogens with one attached hydrogen (secondary N) is 2. The molecule has 6 nitrogen and oxygen atoms in total. The Labute approximate surface area is 160 Å². The van der Waals surface area contributed by atoms with Gasteiger partial charge >= 0.3 is 0 Å². The van der Waals surface area contributed by atoms with Crippen molar-refractivity contribution in [1.29, 1.82) is 0 Å². The van der Waals surface area contributed by atoms with Crippen LogP contribution in [0.1, 0.15) is 5.56 Å². The Balaban J connectivity index is 1.40. The van der Waals surface area contributed by atoms with E-state index in [0.717, 1.165) is 43.2 Å². The molecular formula is C21H29N5O. The Morgan fingerprint density at radius 2 is 1.85 bits per heavy atom. The molecule has 0 saturated heterocycles. The zero-order chi connectivity index (χ0) is 19.1. The molecule has 2 aromatic carbocycles. The van der Waals surface area contributed by atoms with E-state index in [1.807, 2.05) is 30.3 Å². The number of nitrogen functional groups attached to an aromatic ring is 1. The lowest BCUT2D eigenvalue weighted by Crippen LogP contribution is -2.26. The van der Waals surface area contributed by atoms with Crippen LogP contribution in [0.15, 0.2) is 48.7 Å². The van der Waals surface area contributed by atoms with E-state index in [1.165, 1.54) is 16.5 Å². The van der Waals surface area contributed by atoms with Gasteiger partial charge in [-0.1, -0.05) is 0 Å². The molecular weight excluding hydrogens is 338 g/mol. The molecule has 0 atom stereocenters. The van der Waals surface area contributed by atoms with E-state index in [0.29, 0.717) is 13.2 Å². The summed E-state index contributed by atoms with van der Waals surface area (Å²) in [5.74, 6) is 0.897. The summed E-state index contributed by atoms with van der Waals surface area (Å²) in [6.45, 7) is 3.80. The zero-order valence-corrected chi connectivity index (χ0v) is 15.9. The van der Waals surface area contributed by atoms with Crippen molar-refractivity contribution in [2.24, 2.45) is 12.8 Å². The van der Waals surface area contributed by atoms with Gasteiger partial charge in [0.05, 0.1) is 0 Å². The maximum atomic E-state index is 5.90. The number of nitrogens with two attached hydrogens (primary N) is 2. The van der Waals surface area contributed by atoms with Gasteiger partial charge < -0.3 is 31.4 Å². The lowest BCUT2D eigenvalue weighted by molar-refractivity contribution is 0.315. The van der Waals surface area contributed by atoms with Crippen molar-refractivity contribution in [2.45, 2.75) is 6.42 Å². The van der Waals surface area contributed by atoms with Gasteiger partial charge in [0.15, 0.2) is 0 Å². The second-order valence-electron chi connectivity index (χ2n) is 6.63. The van der Waals surface area contributed by atoms with Crippen LogP contribution in [-0.2, 0) is 13.5 Å². The molecule has 1 heterocycles. The van der Waals surface area contributed by atoms with Crippen LogP contribution in [0.25, 0.3) is 10.9 Å². The predicted molar refractivity (Wildman–Crippen MR) is 113 cm³/mol. The molecule has 0 spiro atoms. The van der Waals surface area contributed by atoms with Gasteiger partial charge in [0, 0.05) is 55.2 Å². The Bertz CT molecular complexity index is 857. The number of nitrogens with zero attached hydrogens (tertiary/aromatic N) is 1. The normalized spacial score (nSPS) is 11.0. The number of aromatic nitrogens is 1. The molecule has 0 amide bonds. The number of hydrogen-bond donors (Lipinski definition) is 4. The number of aryl methyl sites for hydroxylation is 1. The fraction of sp³-hybridized carbons (Fsp3) is 0.333. The summed E-state index contributed by atoms with van der Waals surface area (Å²) < 4.78 is 8.04. The molecule has 0 saturated carbocycles. The molecule has 0 radical (unpaired) electrons. The molecule has 6 heteroatoms. The van der Waals surface area contributed by atoms with Gasteiger partial charge in [-0.05, 0) is 61.0 Å². The van der Waals surface area contributed by atoms with Gasteiger partial charge in [-0.25, -0.2) is 0 Å². The highest BCUT2D eigenvalue weighted by molar-refractivity contribution is 5.85. The van der Waals surface area contributed by atoms with Gasteiger partial charge in [0.2, 0.25) is 0 Å². The van der Waals surface area contributed by atoms with Crippen molar-refractivity contribution >= 4 is 22.3 Å². The molecule has 0 aliphatic heterocycles. The second kappa shape index (κ2) is 9.30. The van der Waals surface area contributed by atoms with Crippen molar-refractivity contribution in [3.05, 3.63) is 54.2 Å². The van der Waals surface area contributed by atoms with Crippen molar-refractivity contribution in [1.82, 2.24) is 9.88 Å². The van der Waals surface area contributed by atoms with Gasteiger partial charge in [-0.15, -0.1) is 0 Å². The first-order valence-corrected chi connectivity index (χ1v) is 9.38. The SMILES string of the molecule is Cn1cc(CCN)c2cc(OCCNCCNc3ccc(N)cc3)ccc21. The van der Waals surface area contributed by atoms with Gasteiger partial charge in [0.1, 0.15) is 12.4 Å². The highest BCUT2D eigenvalue weighted by Crippen LogP contribution is 2.25. The third-order valence-electron chi connectivity index (χ3n) is 4.55. The molecule has 6 N–H and O–H groups in total. The third kappa shape index (κ3) is 5.15. The Morgan fingerprint density at radius 1 is 1.04 bits per heavy atom. The highest BCUT2D eigenvalue weighted by atomic mass is 16.5. The minimum absolute atomic E-state index is 0.631. The van der Waals surface area contributed by atoms with E-state index in [9.17, 15) is 0 Å². The van der Waals surface area contributed by atoms with E-state index >= 15 is 0 Å². The van der Waals surface area contributed by atoms with Crippen LogP contribution in [0, 0.1) is 0 Å². The first-order valence-electron chi connectivity index (χ1n) is 9.38. The fourth-order valence-electron chi connectivity index (χ4n) is 3.16. The summed E-state index contributed by atoms with van der Waals surface area (Å²) in [5, 5.41) is 7.95. The number of fused-ring (bicyclic) bond motifs is 1. The molecule has 0 aliphatic carbocycles. The Morgan fingerprint density at radius 3 is 2.63 bits per heavy atom. The molecule has 0 fully saturated rings. The minimum atomic E-state index is 0.631. The van der Waals surface area contributed by atoms with E-state index in [2.05, 4.69) is 40.6 Å². The second-order valence-corrected chi connectivity index (χ2v) is 6.63. The maximum absolute atomic E-state index is 5.90. The summed E-state index contributed by atoms with van der Waals surface area (Å²) >= 11 is 0. The summed E-state index contributed by atoms with van der Waals surface area (Å²) in [4.78, 5) is 0. The minimum Gasteiger partial charge on any atom is -0.492 e. The number of hydrogen-bond acceptors (Lipinski definition) is 5. The van der Waals surface area contributed by atoms with Crippen LogP contribution < -0.4 is 26.8 Å². The standard InChI is InChI=1S/C21H29N5O/c1-26-15-16(8-9-22)20-14-19(6-7-21(20)26)27-13-12-24-10-11-25-18-4-2-17(23)3-5-18/h2-7,14-15,24-25H,8-13,22-23H2,1H3. The Hall–Kier alpha value is -2.70. The average Bonchev–Trinajstić information content (AvgIpc) is 2.98. The molecule has 0 bridgehead atoms. The van der Waals surface area contributed by atoms with Crippen LogP contribution >= 0.6 is 0 Å². The number of ether oxygens (including phenoxy) is 1. The van der Waals surface area contributed by atoms with Gasteiger partial charge in [-0.3, -0.25) is 0 Å². The molecule has 0 unspecified atom stereocenters. The van der Waals surface area contributed by atoms with E-state index in [4.69, 9.17) is 16.2 Å². The largest absolute Gasteiger partial charge is 0.492 e. The molecule has 3 aromatic rings. The first-order chi connectivity index (χ1) is 13.2. The van der Waals surface area contributed by atoms with Crippen LogP contribution in [-0.4, -0.2) is 37.4 Å². The van der Waals surface area contributed by atoms with Crippen molar-refractivity contribution in [3.63, 3.8) is 0 Å². The van der Waals surface area contributed by atoms with E-state index in [1.54, 1.807) is 0 Å². The van der Waals surface area contributed by atoms with Gasteiger partial charge in [-0.2, -0.15) is 0 Å². The van der Waals surface area contributed by atoms with Crippen LogP contribution in [0.4, 0.5) is 11.4 Å². The summed E-state index contributed by atoms with van der Waals surface area (Å²) in [6, 6.07) is 14.0. The topological polar surface area (TPSA) is 90.3 Å². The third-order valence-corrected chi connectivity index (χ3v) is 4.55. The zero-order valence-electron chi connectivity index (χ0n) is 15.9. The monoisotopic (exact) mass is 367 g/mol. The quantitative estimate of drug-likeness (QED) is 0.326. The smallest absolute Gasteiger partial charge is 0.120 e. The van der Waals surface area contributed by atoms with Crippen molar-refractivity contribution < 1.29 is 4.74 Å². The summed E-state index contributed by atoms with van der Waals surface area (Å²) in [6.07, 6.45) is 3.03. The van der Waals surface area contributed by atoms with Crippen LogP contribution in [0.5, 0.6) is 5.75 Å². The summed E-state index contributed by atoms with van der Waals surface area (Å²) in [5.41, 5.74) is 15.7. The molecule has 27 heavy (non-hydrogen) atoms. The molecule has 144 valence electrons. The van der Waals surface area contributed by atoms with Crippen LogP contribution in [0.2, 0.25) is 0 Å². The van der Waals surface area contributed by atoms with Crippen LogP contribution in [0.3, 0.4) is 0 Å². The lowest BCUT2D eigenvalue weighted by Gasteiger charge is -2.10. The maximum Gasteiger partial charge on any atom is 0.120 e. The van der Waals surface area contributed by atoms with E-state index in [-0.39, 0.29) is 0 Å².